The van der Waals surface area contributed by atoms with E-state index in [0.29, 0.717) is 10.8 Å². The van der Waals surface area contributed by atoms with Crippen molar-refractivity contribution in [2.24, 2.45) is 0 Å². The zero-order chi connectivity index (χ0) is 14.5. The van der Waals surface area contributed by atoms with E-state index in [4.69, 9.17) is 23.8 Å². The minimum Gasteiger partial charge on any atom is -0.332 e. The molecular weight excluding hydrogens is 315 g/mol. The molecule has 2 rings (SSSR count). The van der Waals surface area contributed by atoms with Gasteiger partial charge in [-0.25, -0.2) is 4.39 Å². The maximum atomic E-state index is 13.0. The van der Waals surface area contributed by atoms with Gasteiger partial charge in [-0.1, -0.05) is 17.7 Å². The highest BCUT2D eigenvalue weighted by Gasteiger charge is 2.04. The topological polar surface area (TPSA) is 24.1 Å². The number of benzene rings is 2. The summed E-state index contributed by atoms with van der Waals surface area (Å²) in [7, 11) is 0. The molecule has 2 N–H and O–H groups in total. The van der Waals surface area contributed by atoms with E-state index < -0.39 is 0 Å². The molecule has 6 heteroatoms. The van der Waals surface area contributed by atoms with Crippen LogP contribution in [0.1, 0.15) is 0 Å². The third-order valence-electron chi connectivity index (χ3n) is 2.51. The maximum Gasteiger partial charge on any atom is 0.175 e. The standard InChI is InChI=1S/C14H12ClFN2S2/c1-20-11-4-2-3-10(8-11)17-14(19)18-13-6-5-9(16)7-12(13)15/h2-8H,1H3,(H2,17,18,19). The summed E-state index contributed by atoms with van der Waals surface area (Å²) >= 11 is 12.8. The molecule has 0 spiro atoms. The highest BCUT2D eigenvalue weighted by atomic mass is 35.5. The fourth-order valence-electron chi connectivity index (χ4n) is 1.58. The van der Waals surface area contributed by atoms with Crippen molar-refractivity contribution >= 4 is 52.1 Å². The molecule has 0 aliphatic heterocycles. The van der Waals surface area contributed by atoms with Crippen molar-refractivity contribution < 1.29 is 4.39 Å². The van der Waals surface area contributed by atoms with Crippen LogP contribution in [0.4, 0.5) is 15.8 Å². The van der Waals surface area contributed by atoms with Crippen molar-refractivity contribution in [1.82, 2.24) is 0 Å². The van der Waals surface area contributed by atoms with Crippen LogP contribution < -0.4 is 10.6 Å². The minimum atomic E-state index is -0.382. The van der Waals surface area contributed by atoms with Gasteiger partial charge in [0.05, 0.1) is 10.7 Å². The predicted octanol–water partition coefficient (Wildman–Crippen LogP) is 5.01. The van der Waals surface area contributed by atoms with Crippen LogP contribution in [0.5, 0.6) is 0 Å². The Morgan fingerprint density at radius 3 is 2.70 bits per heavy atom. The minimum absolute atomic E-state index is 0.284. The zero-order valence-electron chi connectivity index (χ0n) is 10.6. The van der Waals surface area contributed by atoms with Crippen LogP contribution in [0, 0.1) is 5.82 Å². The summed E-state index contributed by atoms with van der Waals surface area (Å²) in [5.74, 6) is -0.382. The Morgan fingerprint density at radius 1 is 1.20 bits per heavy atom. The number of rotatable bonds is 3. The highest BCUT2D eigenvalue weighted by molar-refractivity contribution is 7.98. The molecule has 0 atom stereocenters. The van der Waals surface area contributed by atoms with Crippen LogP contribution in [0.15, 0.2) is 47.4 Å². The van der Waals surface area contributed by atoms with Crippen molar-refractivity contribution in [1.29, 1.82) is 0 Å². The van der Waals surface area contributed by atoms with E-state index in [-0.39, 0.29) is 10.8 Å². The van der Waals surface area contributed by atoms with Crippen LogP contribution in [0.25, 0.3) is 0 Å². The first kappa shape index (κ1) is 15.1. The van der Waals surface area contributed by atoms with E-state index in [1.54, 1.807) is 17.8 Å². The molecule has 0 aromatic heterocycles. The molecule has 0 radical (unpaired) electrons. The van der Waals surface area contributed by atoms with Gasteiger partial charge < -0.3 is 10.6 Å². The molecule has 0 unspecified atom stereocenters. The number of anilines is 2. The molecule has 0 amide bonds. The predicted molar refractivity (Wildman–Crippen MR) is 89.5 cm³/mol. The average molecular weight is 327 g/mol. The molecule has 104 valence electrons. The fourth-order valence-corrected chi connectivity index (χ4v) is 2.48. The van der Waals surface area contributed by atoms with Gasteiger partial charge in [0, 0.05) is 10.6 Å². The highest BCUT2D eigenvalue weighted by Crippen LogP contribution is 2.23. The van der Waals surface area contributed by atoms with Gasteiger partial charge in [0.15, 0.2) is 5.11 Å². The van der Waals surface area contributed by atoms with Crippen LogP contribution >= 0.6 is 35.6 Å². The lowest BCUT2D eigenvalue weighted by Crippen LogP contribution is -2.19. The summed E-state index contributed by atoms with van der Waals surface area (Å²) in [6.07, 6.45) is 2.01. The lowest BCUT2D eigenvalue weighted by Gasteiger charge is -2.12. The second kappa shape index (κ2) is 6.92. The van der Waals surface area contributed by atoms with E-state index in [1.807, 2.05) is 30.5 Å². The lowest BCUT2D eigenvalue weighted by atomic mass is 10.3. The van der Waals surface area contributed by atoms with Gasteiger partial charge in [-0.3, -0.25) is 0 Å². The molecule has 0 bridgehead atoms. The number of thioether (sulfide) groups is 1. The molecule has 0 fully saturated rings. The third kappa shape index (κ3) is 4.10. The molecule has 0 heterocycles. The number of hydrogen-bond donors (Lipinski definition) is 2. The SMILES string of the molecule is CSc1cccc(NC(=S)Nc2ccc(F)cc2Cl)c1. The van der Waals surface area contributed by atoms with Gasteiger partial charge in [-0.15, -0.1) is 11.8 Å². The van der Waals surface area contributed by atoms with Crippen LogP contribution in [0.3, 0.4) is 0 Å². The van der Waals surface area contributed by atoms with Crippen molar-refractivity contribution in [2.45, 2.75) is 4.90 Å². The summed E-state index contributed by atoms with van der Waals surface area (Å²) in [6, 6.07) is 12.0. The van der Waals surface area contributed by atoms with Crippen LogP contribution in [0.2, 0.25) is 5.02 Å². The van der Waals surface area contributed by atoms with Gasteiger partial charge in [0.2, 0.25) is 0 Å². The summed E-state index contributed by atoms with van der Waals surface area (Å²) in [5, 5.41) is 6.68. The van der Waals surface area contributed by atoms with Crippen molar-refractivity contribution in [3.63, 3.8) is 0 Å². The summed E-state index contributed by atoms with van der Waals surface area (Å²) in [4.78, 5) is 1.14. The molecule has 0 saturated carbocycles. The van der Waals surface area contributed by atoms with Crippen molar-refractivity contribution in [3.05, 3.63) is 53.3 Å². The third-order valence-corrected chi connectivity index (χ3v) is 3.75. The van der Waals surface area contributed by atoms with Gasteiger partial charge in [0.1, 0.15) is 5.82 Å². The molecule has 2 aromatic carbocycles. The Labute approximate surface area is 131 Å². The molecule has 0 aliphatic carbocycles. The number of hydrogen-bond acceptors (Lipinski definition) is 2. The van der Waals surface area contributed by atoms with Gasteiger partial charge in [-0.2, -0.15) is 0 Å². The van der Waals surface area contributed by atoms with Crippen molar-refractivity contribution in [2.75, 3.05) is 16.9 Å². The fraction of sp³-hybridized carbons (Fsp3) is 0.0714. The molecule has 0 saturated heterocycles. The summed E-state index contributed by atoms with van der Waals surface area (Å²) in [6.45, 7) is 0. The first-order valence-corrected chi connectivity index (χ1v) is 7.76. The average Bonchev–Trinajstić information content (AvgIpc) is 2.42. The lowest BCUT2D eigenvalue weighted by molar-refractivity contribution is 0.628. The quantitative estimate of drug-likeness (QED) is 0.611. The van der Waals surface area contributed by atoms with Crippen molar-refractivity contribution in [3.8, 4) is 0 Å². The molecule has 2 aromatic rings. The van der Waals surface area contributed by atoms with Gasteiger partial charge >= 0.3 is 0 Å². The Bertz CT molecular complexity index is 634. The van der Waals surface area contributed by atoms with E-state index in [2.05, 4.69) is 10.6 Å². The molecular formula is C14H12ClFN2S2. The van der Waals surface area contributed by atoms with Crippen LogP contribution in [-0.4, -0.2) is 11.4 Å². The van der Waals surface area contributed by atoms with E-state index in [1.165, 1.54) is 12.1 Å². The second-order valence-electron chi connectivity index (χ2n) is 3.94. The van der Waals surface area contributed by atoms with Crippen LogP contribution in [-0.2, 0) is 0 Å². The van der Waals surface area contributed by atoms with E-state index in [0.717, 1.165) is 10.6 Å². The molecule has 0 aliphatic rings. The number of halogens is 2. The first-order valence-electron chi connectivity index (χ1n) is 5.75. The Kier molecular flexibility index (Phi) is 5.23. The smallest absolute Gasteiger partial charge is 0.175 e. The Morgan fingerprint density at radius 2 is 2.00 bits per heavy atom. The molecule has 2 nitrogen and oxygen atoms in total. The molecule has 20 heavy (non-hydrogen) atoms. The summed E-state index contributed by atoms with van der Waals surface area (Å²) in [5.41, 5.74) is 1.44. The monoisotopic (exact) mass is 326 g/mol. The maximum absolute atomic E-state index is 13.0. The number of thiocarbonyl (C=S) groups is 1. The zero-order valence-corrected chi connectivity index (χ0v) is 13.0. The van der Waals surface area contributed by atoms with E-state index >= 15 is 0 Å². The number of nitrogens with one attached hydrogen (secondary N) is 2. The Hall–Kier alpha value is -1.30. The van der Waals surface area contributed by atoms with Gasteiger partial charge in [-0.05, 0) is 54.9 Å². The van der Waals surface area contributed by atoms with E-state index in [9.17, 15) is 4.39 Å². The Balaban J connectivity index is 2.05. The second-order valence-corrected chi connectivity index (χ2v) is 5.63. The summed E-state index contributed by atoms with van der Waals surface area (Å²) < 4.78 is 13.0. The first-order chi connectivity index (χ1) is 9.58. The normalized spacial score (nSPS) is 10.2. The van der Waals surface area contributed by atoms with Gasteiger partial charge in [0.25, 0.3) is 0 Å². The largest absolute Gasteiger partial charge is 0.332 e.